The van der Waals surface area contributed by atoms with Gasteiger partial charge in [-0.2, -0.15) is 0 Å². The second kappa shape index (κ2) is 6.83. The summed E-state index contributed by atoms with van der Waals surface area (Å²) in [7, 11) is 0. The predicted molar refractivity (Wildman–Crippen MR) is 71.2 cm³/mol. The summed E-state index contributed by atoms with van der Waals surface area (Å²) in [6.45, 7) is 3.95. The zero-order chi connectivity index (χ0) is 12.8. The van der Waals surface area contributed by atoms with E-state index in [-0.39, 0.29) is 18.0 Å². The van der Waals surface area contributed by atoms with E-state index in [1.54, 1.807) is 12.3 Å². The van der Waals surface area contributed by atoms with Gasteiger partial charge in [-0.25, -0.2) is 4.98 Å². The first-order valence-electron chi connectivity index (χ1n) is 5.28. The van der Waals surface area contributed by atoms with Crippen LogP contribution in [0.2, 0.25) is 5.02 Å². The van der Waals surface area contributed by atoms with Crippen molar-refractivity contribution in [1.82, 2.24) is 10.3 Å². The molecule has 1 heterocycles. The van der Waals surface area contributed by atoms with Gasteiger partial charge in [-0.05, 0) is 12.1 Å². The van der Waals surface area contributed by atoms with Crippen LogP contribution in [0.15, 0.2) is 23.4 Å². The van der Waals surface area contributed by atoms with Gasteiger partial charge in [-0.3, -0.25) is 4.79 Å². The van der Waals surface area contributed by atoms with Gasteiger partial charge < -0.3 is 11.1 Å². The minimum absolute atomic E-state index is 0.214. The number of halogens is 1. The Morgan fingerprint density at radius 3 is 2.76 bits per heavy atom. The zero-order valence-electron chi connectivity index (χ0n) is 9.81. The third-order valence-electron chi connectivity index (χ3n) is 1.98. The molecule has 0 saturated carbocycles. The van der Waals surface area contributed by atoms with Crippen molar-refractivity contribution in [1.29, 1.82) is 0 Å². The number of pyridine rings is 1. The van der Waals surface area contributed by atoms with Crippen molar-refractivity contribution < 1.29 is 4.79 Å². The summed E-state index contributed by atoms with van der Waals surface area (Å²) >= 11 is 7.21. The summed E-state index contributed by atoms with van der Waals surface area (Å²) in [6.07, 6.45) is 1.58. The van der Waals surface area contributed by atoms with E-state index < -0.39 is 0 Å². The topological polar surface area (TPSA) is 68.0 Å². The van der Waals surface area contributed by atoms with Crippen LogP contribution in [0.3, 0.4) is 0 Å². The molecule has 0 saturated heterocycles. The number of amides is 1. The standard InChI is InChI=1S/C11H16ClN3OS/c1-7(2)15-9(11(13)16)6-17-10-4-3-8(12)5-14-10/h3-5,7,9,15H,6H2,1-2H3,(H2,13,16). The van der Waals surface area contributed by atoms with Gasteiger partial charge in [0.1, 0.15) is 0 Å². The fourth-order valence-electron chi connectivity index (χ4n) is 1.23. The molecule has 0 aliphatic carbocycles. The molecule has 1 rings (SSSR count). The van der Waals surface area contributed by atoms with Crippen molar-refractivity contribution in [2.24, 2.45) is 5.73 Å². The Balaban J connectivity index is 2.51. The van der Waals surface area contributed by atoms with E-state index >= 15 is 0 Å². The molecule has 0 aliphatic rings. The molecule has 1 aromatic heterocycles. The minimum atomic E-state index is -0.350. The van der Waals surface area contributed by atoms with Crippen LogP contribution in [-0.4, -0.2) is 28.7 Å². The Morgan fingerprint density at radius 1 is 1.59 bits per heavy atom. The number of rotatable bonds is 6. The Kier molecular flexibility index (Phi) is 5.74. The zero-order valence-corrected chi connectivity index (χ0v) is 11.4. The van der Waals surface area contributed by atoms with Gasteiger partial charge in [0.2, 0.25) is 5.91 Å². The third kappa shape index (κ3) is 5.39. The lowest BCUT2D eigenvalue weighted by atomic mass is 10.3. The number of hydrogen-bond donors (Lipinski definition) is 2. The summed E-state index contributed by atoms with van der Waals surface area (Å²) < 4.78 is 0. The first-order chi connectivity index (χ1) is 7.99. The normalized spacial score (nSPS) is 12.7. The van der Waals surface area contributed by atoms with Gasteiger partial charge >= 0.3 is 0 Å². The van der Waals surface area contributed by atoms with Crippen LogP contribution in [0.4, 0.5) is 0 Å². The number of primary amides is 1. The van der Waals surface area contributed by atoms with E-state index in [0.29, 0.717) is 10.8 Å². The molecule has 0 bridgehead atoms. The highest BCUT2D eigenvalue weighted by molar-refractivity contribution is 7.99. The number of nitrogens with zero attached hydrogens (tertiary/aromatic N) is 1. The molecule has 0 radical (unpaired) electrons. The molecule has 1 aromatic rings. The molecule has 17 heavy (non-hydrogen) atoms. The summed E-state index contributed by atoms with van der Waals surface area (Å²) in [5, 5.41) is 4.54. The predicted octanol–water partition coefficient (Wildman–Crippen LogP) is 1.68. The molecule has 1 atom stereocenters. The van der Waals surface area contributed by atoms with E-state index in [0.717, 1.165) is 5.03 Å². The van der Waals surface area contributed by atoms with Gasteiger partial charge in [0, 0.05) is 18.0 Å². The summed E-state index contributed by atoms with van der Waals surface area (Å²) in [5.74, 6) is 0.211. The van der Waals surface area contributed by atoms with Crippen molar-refractivity contribution in [3.05, 3.63) is 23.4 Å². The van der Waals surface area contributed by atoms with Crippen LogP contribution in [0.5, 0.6) is 0 Å². The molecule has 4 nitrogen and oxygen atoms in total. The van der Waals surface area contributed by atoms with Crippen molar-refractivity contribution in [3.63, 3.8) is 0 Å². The lowest BCUT2D eigenvalue weighted by molar-refractivity contribution is -0.119. The maximum absolute atomic E-state index is 11.2. The summed E-state index contributed by atoms with van der Waals surface area (Å²) in [4.78, 5) is 15.4. The van der Waals surface area contributed by atoms with Crippen LogP contribution in [0, 0.1) is 0 Å². The molecule has 1 unspecified atom stereocenters. The highest BCUT2D eigenvalue weighted by atomic mass is 35.5. The third-order valence-corrected chi connectivity index (χ3v) is 3.24. The molecular weight excluding hydrogens is 258 g/mol. The molecular formula is C11H16ClN3OS. The minimum Gasteiger partial charge on any atom is -0.368 e. The largest absolute Gasteiger partial charge is 0.368 e. The summed E-state index contributed by atoms with van der Waals surface area (Å²) in [6, 6.07) is 3.45. The smallest absolute Gasteiger partial charge is 0.235 e. The van der Waals surface area contributed by atoms with Crippen LogP contribution in [-0.2, 0) is 4.79 Å². The average Bonchev–Trinajstić information content (AvgIpc) is 2.25. The van der Waals surface area contributed by atoms with Gasteiger partial charge in [0.05, 0.1) is 16.1 Å². The number of thioether (sulfide) groups is 1. The van der Waals surface area contributed by atoms with Crippen molar-refractivity contribution >= 4 is 29.3 Å². The quantitative estimate of drug-likeness (QED) is 0.774. The molecule has 1 amide bonds. The molecule has 3 N–H and O–H groups in total. The Bertz CT molecular complexity index is 369. The van der Waals surface area contributed by atoms with Gasteiger partial charge in [-0.15, -0.1) is 11.8 Å². The van der Waals surface area contributed by atoms with E-state index in [9.17, 15) is 4.79 Å². The number of nitrogens with two attached hydrogens (primary N) is 1. The number of nitrogens with one attached hydrogen (secondary N) is 1. The number of aromatic nitrogens is 1. The van der Waals surface area contributed by atoms with Crippen molar-refractivity contribution in [2.75, 3.05) is 5.75 Å². The number of carbonyl (C=O) groups is 1. The number of hydrogen-bond acceptors (Lipinski definition) is 4. The molecule has 6 heteroatoms. The maximum atomic E-state index is 11.2. The van der Waals surface area contributed by atoms with Gasteiger partial charge in [-0.1, -0.05) is 25.4 Å². The Morgan fingerprint density at radius 2 is 2.29 bits per heavy atom. The van der Waals surface area contributed by atoms with E-state index in [1.165, 1.54) is 11.8 Å². The molecule has 0 aliphatic heterocycles. The van der Waals surface area contributed by atoms with Crippen LogP contribution >= 0.6 is 23.4 Å². The van der Waals surface area contributed by atoms with Crippen molar-refractivity contribution in [3.8, 4) is 0 Å². The van der Waals surface area contributed by atoms with E-state index in [2.05, 4.69) is 10.3 Å². The highest BCUT2D eigenvalue weighted by Gasteiger charge is 2.16. The molecule has 0 spiro atoms. The van der Waals surface area contributed by atoms with Crippen LogP contribution in [0.25, 0.3) is 0 Å². The molecule has 0 fully saturated rings. The van der Waals surface area contributed by atoms with Gasteiger partial charge in [0.15, 0.2) is 0 Å². The second-order valence-electron chi connectivity index (χ2n) is 3.90. The fourth-order valence-corrected chi connectivity index (χ4v) is 2.23. The monoisotopic (exact) mass is 273 g/mol. The first-order valence-corrected chi connectivity index (χ1v) is 6.65. The second-order valence-corrected chi connectivity index (χ2v) is 5.38. The van der Waals surface area contributed by atoms with E-state index in [1.807, 2.05) is 19.9 Å². The average molecular weight is 274 g/mol. The number of carbonyl (C=O) groups excluding carboxylic acids is 1. The SMILES string of the molecule is CC(C)NC(CSc1ccc(Cl)cn1)C(N)=O. The highest BCUT2D eigenvalue weighted by Crippen LogP contribution is 2.18. The van der Waals surface area contributed by atoms with Gasteiger partial charge in [0.25, 0.3) is 0 Å². The van der Waals surface area contributed by atoms with Crippen LogP contribution < -0.4 is 11.1 Å². The van der Waals surface area contributed by atoms with Crippen LogP contribution in [0.1, 0.15) is 13.8 Å². The Labute approximate surface area is 110 Å². The van der Waals surface area contributed by atoms with Crippen molar-refractivity contribution in [2.45, 2.75) is 31.0 Å². The lowest BCUT2D eigenvalue weighted by Crippen LogP contribution is -2.46. The molecule has 94 valence electrons. The van der Waals surface area contributed by atoms with E-state index in [4.69, 9.17) is 17.3 Å². The molecule has 0 aromatic carbocycles. The summed E-state index contributed by atoms with van der Waals surface area (Å²) in [5.41, 5.74) is 5.32. The lowest BCUT2D eigenvalue weighted by Gasteiger charge is -2.17. The Hall–Kier alpha value is -0.780. The fraction of sp³-hybridized carbons (Fsp3) is 0.455. The maximum Gasteiger partial charge on any atom is 0.235 e. The first kappa shape index (κ1) is 14.3.